The number of hydrogen-bond donors (Lipinski definition) is 1. The molecule has 0 aliphatic carbocycles. The first kappa shape index (κ1) is 22.6. The number of nitrogens with zero attached hydrogens (tertiary/aromatic N) is 1. The first-order valence-corrected chi connectivity index (χ1v) is 10.9. The van der Waals surface area contributed by atoms with Crippen molar-refractivity contribution in [1.82, 2.24) is 0 Å². The normalized spacial score (nSPS) is 11.0. The third-order valence-electron chi connectivity index (χ3n) is 5.52. The highest BCUT2D eigenvalue weighted by Crippen LogP contribution is 2.30. The largest absolute Gasteiger partial charge is 0.493 e. The molecule has 34 heavy (non-hydrogen) atoms. The molecule has 0 aliphatic heterocycles. The van der Waals surface area contributed by atoms with E-state index in [1.807, 2.05) is 55.5 Å². The molecule has 168 valence electrons. The number of carbonyl (C=O) groups excluding carboxylic acids is 1. The van der Waals surface area contributed by atoms with Crippen LogP contribution in [0.4, 0.5) is 5.69 Å². The summed E-state index contributed by atoms with van der Waals surface area (Å²) in [7, 11) is 1.56. The zero-order valence-corrected chi connectivity index (χ0v) is 19.0. The number of nitrogens with one attached hydrogen (secondary N) is 1. The van der Waals surface area contributed by atoms with E-state index in [0.29, 0.717) is 29.4 Å². The van der Waals surface area contributed by atoms with Crippen LogP contribution in [0.15, 0.2) is 90.5 Å². The maximum absolute atomic E-state index is 12.6. The van der Waals surface area contributed by atoms with Gasteiger partial charge in [0, 0.05) is 5.69 Å². The lowest BCUT2D eigenvalue weighted by Gasteiger charge is -2.13. The highest BCUT2D eigenvalue weighted by molar-refractivity contribution is 6.10. The van der Waals surface area contributed by atoms with E-state index in [-0.39, 0.29) is 5.57 Å². The molecule has 0 unspecified atom stereocenters. The van der Waals surface area contributed by atoms with Crippen LogP contribution in [0.25, 0.3) is 16.8 Å². The Morgan fingerprint density at radius 1 is 0.971 bits per heavy atom. The van der Waals surface area contributed by atoms with Crippen LogP contribution in [0.5, 0.6) is 11.5 Å². The second-order valence-corrected chi connectivity index (χ2v) is 7.78. The quantitative estimate of drug-likeness (QED) is 0.267. The summed E-state index contributed by atoms with van der Waals surface area (Å²) in [6.45, 7) is 2.28. The number of ether oxygens (including phenoxy) is 2. The topological polar surface area (TPSA) is 71.3 Å². The summed E-state index contributed by atoms with van der Waals surface area (Å²) in [5, 5.41) is 14.6. The summed E-state index contributed by atoms with van der Waals surface area (Å²) in [5.74, 6) is 0.632. The zero-order chi connectivity index (χ0) is 23.9. The summed E-state index contributed by atoms with van der Waals surface area (Å²) in [6, 6.07) is 29.0. The van der Waals surface area contributed by atoms with E-state index >= 15 is 0 Å². The Labute approximate surface area is 198 Å². The van der Waals surface area contributed by atoms with Gasteiger partial charge in [0.1, 0.15) is 18.2 Å². The molecule has 1 amide bonds. The summed E-state index contributed by atoms with van der Waals surface area (Å²) >= 11 is 0. The molecule has 4 aromatic rings. The molecule has 5 heteroatoms. The lowest BCUT2D eigenvalue weighted by atomic mass is 10.1. The highest BCUT2D eigenvalue weighted by atomic mass is 16.5. The van der Waals surface area contributed by atoms with E-state index in [4.69, 9.17) is 9.47 Å². The molecule has 0 spiro atoms. The average molecular weight is 449 g/mol. The van der Waals surface area contributed by atoms with E-state index < -0.39 is 5.91 Å². The SMILES string of the molecule is COc1cc(/C=C(/C#N)C(=O)Nc2ccccc2C)ccc1OCc1cccc2ccccc12. The van der Waals surface area contributed by atoms with Gasteiger partial charge in [0.25, 0.3) is 5.91 Å². The Kier molecular flexibility index (Phi) is 6.90. The van der Waals surface area contributed by atoms with Crippen LogP contribution in [0.1, 0.15) is 16.7 Å². The fourth-order valence-electron chi connectivity index (χ4n) is 3.69. The van der Waals surface area contributed by atoms with Crippen molar-refractivity contribution >= 4 is 28.4 Å². The van der Waals surface area contributed by atoms with Crippen molar-refractivity contribution in [2.75, 3.05) is 12.4 Å². The van der Waals surface area contributed by atoms with Gasteiger partial charge in [-0.2, -0.15) is 5.26 Å². The fourth-order valence-corrected chi connectivity index (χ4v) is 3.69. The van der Waals surface area contributed by atoms with Crippen molar-refractivity contribution in [3.05, 3.63) is 107 Å². The molecule has 4 aromatic carbocycles. The van der Waals surface area contributed by atoms with E-state index in [9.17, 15) is 10.1 Å². The van der Waals surface area contributed by atoms with Crippen molar-refractivity contribution in [2.45, 2.75) is 13.5 Å². The lowest BCUT2D eigenvalue weighted by Crippen LogP contribution is -2.14. The Hall–Kier alpha value is -4.56. The van der Waals surface area contributed by atoms with E-state index in [2.05, 4.69) is 23.5 Å². The Balaban J connectivity index is 1.53. The minimum absolute atomic E-state index is 0.00488. The molecule has 0 aromatic heterocycles. The first-order valence-electron chi connectivity index (χ1n) is 10.9. The summed E-state index contributed by atoms with van der Waals surface area (Å²) in [4.78, 5) is 12.6. The van der Waals surface area contributed by atoms with Crippen LogP contribution < -0.4 is 14.8 Å². The number of nitriles is 1. The number of hydrogen-bond acceptors (Lipinski definition) is 4. The maximum atomic E-state index is 12.6. The van der Waals surface area contributed by atoms with Crippen molar-refractivity contribution in [2.24, 2.45) is 0 Å². The van der Waals surface area contributed by atoms with Gasteiger partial charge in [-0.05, 0) is 58.7 Å². The fraction of sp³-hybridized carbons (Fsp3) is 0.103. The van der Waals surface area contributed by atoms with Crippen LogP contribution in [0.2, 0.25) is 0 Å². The van der Waals surface area contributed by atoms with Gasteiger partial charge >= 0.3 is 0 Å². The van der Waals surface area contributed by atoms with Gasteiger partial charge in [-0.25, -0.2) is 0 Å². The number of fused-ring (bicyclic) bond motifs is 1. The maximum Gasteiger partial charge on any atom is 0.266 e. The van der Waals surface area contributed by atoms with Gasteiger partial charge in [0.2, 0.25) is 0 Å². The molecule has 0 saturated heterocycles. The van der Waals surface area contributed by atoms with Gasteiger partial charge in [-0.1, -0.05) is 66.7 Å². The Morgan fingerprint density at radius 2 is 1.74 bits per heavy atom. The Morgan fingerprint density at radius 3 is 2.53 bits per heavy atom. The Bertz CT molecular complexity index is 1410. The van der Waals surface area contributed by atoms with Gasteiger partial charge < -0.3 is 14.8 Å². The number of rotatable bonds is 7. The number of aryl methyl sites for hydroxylation is 1. The lowest BCUT2D eigenvalue weighted by molar-refractivity contribution is -0.112. The second kappa shape index (κ2) is 10.4. The predicted octanol–water partition coefficient (Wildman–Crippen LogP) is 6.28. The van der Waals surface area contributed by atoms with Crippen molar-refractivity contribution < 1.29 is 14.3 Å². The first-order chi connectivity index (χ1) is 16.6. The van der Waals surface area contributed by atoms with E-state index in [1.54, 1.807) is 31.4 Å². The number of amides is 1. The van der Waals surface area contributed by atoms with E-state index in [1.165, 1.54) is 6.08 Å². The molecule has 0 atom stereocenters. The van der Waals surface area contributed by atoms with Crippen LogP contribution >= 0.6 is 0 Å². The van der Waals surface area contributed by atoms with Gasteiger partial charge in [-0.3, -0.25) is 4.79 Å². The van der Waals surface area contributed by atoms with Crippen LogP contribution in [-0.2, 0) is 11.4 Å². The third kappa shape index (κ3) is 5.08. The van der Waals surface area contributed by atoms with Crippen LogP contribution in [-0.4, -0.2) is 13.0 Å². The van der Waals surface area contributed by atoms with Crippen LogP contribution in [0, 0.1) is 18.3 Å². The molecular weight excluding hydrogens is 424 g/mol. The van der Waals surface area contributed by atoms with Crippen molar-refractivity contribution in [3.8, 4) is 17.6 Å². The van der Waals surface area contributed by atoms with Gasteiger partial charge in [0.05, 0.1) is 7.11 Å². The minimum atomic E-state index is -0.466. The number of methoxy groups -OCH3 is 1. The minimum Gasteiger partial charge on any atom is -0.493 e. The molecule has 0 fully saturated rings. The molecule has 4 rings (SSSR count). The monoisotopic (exact) mass is 448 g/mol. The number of carbonyl (C=O) groups is 1. The average Bonchev–Trinajstić information content (AvgIpc) is 2.87. The predicted molar refractivity (Wildman–Crippen MR) is 135 cm³/mol. The van der Waals surface area contributed by atoms with Crippen molar-refractivity contribution in [3.63, 3.8) is 0 Å². The van der Waals surface area contributed by atoms with Gasteiger partial charge in [0.15, 0.2) is 11.5 Å². The summed E-state index contributed by atoms with van der Waals surface area (Å²) in [6.07, 6.45) is 1.53. The summed E-state index contributed by atoms with van der Waals surface area (Å²) in [5.41, 5.74) is 3.32. The molecule has 0 aliphatic rings. The van der Waals surface area contributed by atoms with Crippen molar-refractivity contribution in [1.29, 1.82) is 5.26 Å². The van der Waals surface area contributed by atoms with Crippen LogP contribution in [0.3, 0.4) is 0 Å². The molecule has 1 N–H and O–H groups in total. The van der Waals surface area contributed by atoms with E-state index in [0.717, 1.165) is 21.9 Å². The standard InChI is InChI=1S/C29H24N2O3/c1-20-8-3-6-13-26(20)31-29(32)24(18-30)16-21-14-15-27(28(17-21)33-2)34-19-23-11-7-10-22-9-4-5-12-25(22)23/h3-17H,19H2,1-2H3,(H,31,32)/b24-16-. The summed E-state index contributed by atoms with van der Waals surface area (Å²) < 4.78 is 11.6. The number of para-hydroxylation sites is 1. The molecule has 0 radical (unpaired) electrons. The molecule has 0 heterocycles. The molecular formula is C29H24N2O3. The third-order valence-corrected chi connectivity index (χ3v) is 5.52. The molecule has 0 bridgehead atoms. The van der Waals surface area contributed by atoms with Gasteiger partial charge in [-0.15, -0.1) is 0 Å². The highest BCUT2D eigenvalue weighted by Gasteiger charge is 2.12. The zero-order valence-electron chi connectivity index (χ0n) is 19.0. The number of anilines is 1. The second-order valence-electron chi connectivity index (χ2n) is 7.78. The molecule has 5 nitrogen and oxygen atoms in total. The molecule has 0 saturated carbocycles. The smallest absolute Gasteiger partial charge is 0.266 e. The number of benzene rings is 4.